The van der Waals surface area contributed by atoms with Crippen LogP contribution in [0.2, 0.25) is 0 Å². The number of carbonyl (C=O) groups is 2. The molecule has 2 aromatic carbocycles. The number of likely N-dealkylation sites (N-methyl/N-ethyl adjacent to an activating group) is 2. The van der Waals surface area contributed by atoms with Crippen LogP contribution in [0.5, 0.6) is 5.75 Å². The second kappa shape index (κ2) is 9.53. The number of benzene rings is 2. The van der Waals surface area contributed by atoms with Gasteiger partial charge in [-0.2, -0.15) is 0 Å². The van der Waals surface area contributed by atoms with Crippen molar-refractivity contribution in [1.82, 2.24) is 9.80 Å². The van der Waals surface area contributed by atoms with Gasteiger partial charge in [-0.05, 0) is 70.0 Å². The Morgan fingerprint density at radius 3 is 2.39 bits per heavy atom. The smallest absolute Gasteiger partial charge is 0.265 e. The molecule has 1 saturated heterocycles. The van der Waals surface area contributed by atoms with Gasteiger partial charge < -0.3 is 4.74 Å². The second-order valence-electron chi connectivity index (χ2n) is 6.93. The zero-order chi connectivity index (χ0) is 22.7. The Kier molecular flexibility index (Phi) is 7.02. The summed E-state index contributed by atoms with van der Waals surface area (Å²) in [5, 5.41) is 0.151. The van der Waals surface area contributed by atoms with Gasteiger partial charge in [0.25, 0.3) is 11.8 Å². The highest BCUT2D eigenvalue weighted by Gasteiger charge is 2.35. The Bertz CT molecular complexity index is 1090. The maximum Gasteiger partial charge on any atom is 0.265 e. The number of hydrogen-bond donors (Lipinski definition) is 0. The molecule has 31 heavy (non-hydrogen) atoms. The molecule has 0 spiro atoms. The second-order valence-corrected chi connectivity index (χ2v) is 8.15. The molecule has 0 N–H and O–H groups in total. The minimum atomic E-state index is -0.464. The van der Waals surface area contributed by atoms with E-state index < -0.39 is 11.8 Å². The molecule has 0 aromatic heterocycles. The van der Waals surface area contributed by atoms with Crippen LogP contribution in [0.15, 0.2) is 59.1 Å². The molecule has 0 saturated carbocycles. The predicted octanol–water partition coefficient (Wildman–Crippen LogP) is 4.49. The predicted molar refractivity (Wildman–Crippen MR) is 125 cm³/mol. The number of halogens is 2. The van der Waals surface area contributed by atoms with Gasteiger partial charge in [-0.15, -0.1) is 6.58 Å². The zero-order valence-electron chi connectivity index (χ0n) is 17.0. The summed E-state index contributed by atoms with van der Waals surface area (Å²) in [6.45, 7) is 3.83. The van der Waals surface area contributed by atoms with E-state index in [4.69, 9.17) is 17.0 Å². The Morgan fingerprint density at radius 1 is 1.13 bits per heavy atom. The third-order valence-corrected chi connectivity index (χ3v) is 5.93. The van der Waals surface area contributed by atoms with Gasteiger partial charge in [-0.3, -0.25) is 19.4 Å². The summed E-state index contributed by atoms with van der Waals surface area (Å²) in [5.74, 6) is -0.725. The van der Waals surface area contributed by atoms with Crippen molar-refractivity contribution in [3.05, 3.63) is 81.6 Å². The van der Waals surface area contributed by atoms with Crippen LogP contribution in [0.25, 0.3) is 6.08 Å². The molecule has 0 atom stereocenters. The number of nitrogens with zero attached hydrogens (tertiary/aromatic N) is 2. The van der Waals surface area contributed by atoms with Crippen molar-refractivity contribution in [2.24, 2.45) is 0 Å². The number of thiocarbonyl (C=S) groups is 1. The summed E-state index contributed by atoms with van der Waals surface area (Å²) in [6.07, 6.45) is 3.72. The van der Waals surface area contributed by atoms with E-state index in [1.807, 2.05) is 6.07 Å². The molecule has 2 amide bonds. The standard InChI is InChI=1S/C23H20BrFN2O3S/c1-4-7-15-10-14(11-17-21(28)26(2)23(31)27(3)22(17)29)12-18(24)20(15)30-13-16-8-5-6-9-19(16)25/h4-6,8-12H,1,7,13H2,2-3H3. The Labute approximate surface area is 193 Å². The van der Waals surface area contributed by atoms with Gasteiger partial charge in [0.2, 0.25) is 0 Å². The van der Waals surface area contributed by atoms with Crippen molar-refractivity contribution in [3.8, 4) is 5.75 Å². The number of allylic oxidation sites excluding steroid dienone is 1. The number of ether oxygens (including phenoxy) is 1. The van der Waals surface area contributed by atoms with Crippen molar-refractivity contribution >= 4 is 51.2 Å². The van der Waals surface area contributed by atoms with E-state index in [1.54, 1.807) is 30.3 Å². The van der Waals surface area contributed by atoms with E-state index in [0.29, 0.717) is 27.8 Å². The summed E-state index contributed by atoms with van der Waals surface area (Å²) in [5.41, 5.74) is 1.86. The number of amides is 2. The first-order chi connectivity index (χ1) is 14.7. The molecule has 0 radical (unpaired) electrons. The topological polar surface area (TPSA) is 49.9 Å². The van der Waals surface area contributed by atoms with Crippen LogP contribution in [0.4, 0.5) is 4.39 Å². The number of rotatable bonds is 6. The van der Waals surface area contributed by atoms with E-state index in [9.17, 15) is 14.0 Å². The monoisotopic (exact) mass is 502 g/mol. The van der Waals surface area contributed by atoms with E-state index in [-0.39, 0.29) is 23.1 Å². The summed E-state index contributed by atoms with van der Waals surface area (Å²) in [6, 6.07) is 9.95. The summed E-state index contributed by atoms with van der Waals surface area (Å²) < 4.78 is 20.4. The lowest BCUT2D eigenvalue weighted by Gasteiger charge is -2.31. The molecule has 2 aromatic rings. The van der Waals surface area contributed by atoms with Gasteiger partial charge in [-0.25, -0.2) is 4.39 Å². The first-order valence-corrected chi connectivity index (χ1v) is 10.6. The van der Waals surface area contributed by atoms with Crippen LogP contribution in [-0.4, -0.2) is 40.8 Å². The third kappa shape index (κ3) is 4.75. The molecule has 1 heterocycles. The van der Waals surface area contributed by atoms with E-state index >= 15 is 0 Å². The van der Waals surface area contributed by atoms with Crippen molar-refractivity contribution in [2.45, 2.75) is 13.0 Å². The van der Waals surface area contributed by atoms with E-state index in [2.05, 4.69) is 22.5 Å². The zero-order valence-corrected chi connectivity index (χ0v) is 19.4. The first kappa shape index (κ1) is 22.8. The first-order valence-electron chi connectivity index (χ1n) is 9.35. The molecular formula is C23H20BrFN2O3S. The maximum atomic E-state index is 13.9. The van der Waals surface area contributed by atoms with Crippen LogP contribution in [0, 0.1) is 5.82 Å². The summed E-state index contributed by atoms with van der Waals surface area (Å²) in [4.78, 5) is 27.7. The molecule has 1 aliphatic rings. The van der Waals surface area contributed by atoms with Crippen molar-refractivity contribution in [1.29, 1.82) is 0 Å². The number of hydrogen-bond acceptors (Lipinski definition) is 4. The van der Waals surface area contributed by atoms with Gasteiger partial charge in [0.15, 0.2) is 5.11 Å². The van der Waals surface area contributed by atoms with Crippen LogP contribution in [0.1, 0.15) is 16.7 Å². The third-order valence-electron chi connectivity index (χ3n) is 4.79. The van der Waals surface area contributed by atoms with Crippen LogP contribution < -0.4 is 4.74 Å². The molecule has 0 unspecified atom stereocenters. The Balaban J connectivity index is 1.96. The normalized spacial score (nSPS) is 14.2. The van der Waals surface area contributed by atoms with Crippen LogP contribution in [-0.2, 0) is 22.6 Å². The van der Waals surface area contributed by atoms with Crippen molar-refractivity contribution < 1.29 is 18.7 Å². The largest absolute Gasteiger partial charge is 0.487 e. The molecule has 5 nitrogen and oxygen atoms in total. The van der Waals surface area contributed by atoms with Crippen molar-refractivity contribution in [2.75, 3.05) is 14.1 Å². The molecular weight excluding hydrogens is 483 g/mol. The molecule has 3 rings (SSSR count). The fraction of sp³-hybridized carbons (Fsp3) is 0.174. The van der Waals surface area contributed by atoms with Crippen LogP contribution in [0.3, 0.4) is 0 Å². The average Bonchev–Trinajstić information content (AvgIpc) is 2.75. The highest BCUT2D eigenvalue weighted by Crippen LogP contribution is 2.33. The molecule has 1 fully saturated rings. The van der Waals surface area contributed by atoms with E-state index in [0.717, 1.165) is 5.56 Å². The van der Waals surface area contributed by atoms with Gasteiger partial charge >= 0.3 is 0 Å². The minimum Gasteiger partial charge on any atom is -0.487 e. The van der Waals surface area contributed by atoms with Gasteiger partial charge in [0.05, 0.1) is 4.47 Å². The highest BCUT2D eigenvalue weighted by atomic mass is 79.9. The molecule has 0 bridgehead atoms. The summed E-state index contributed by atoms with van der Waals surface area (Å²) in [7, 11) is 3.06. The van der Waals surface area contributed by atoms with Gasteiger partial charge in [-0.1, -0.05) is 24.3 Å². The molecule has 1 aliphatic heterocycles. The maximum absolute atomic E-state index is 13.9. The lowest BCUT2D eigenvalue weighted by Crippen LogP contribution is -2.52. The molecule has 0 aliphatic carbocycles. The highest BCUT2D eigenvalue weighted by molar-refractivity contribution is 9.10. The lowest BCUT2D eigenvalue weighted by atomic mass is 10.0. The van der Waals surface area contributed by atoms with Crippen molar-refractivity contribution in [3.63, 3.8) is 0 Å². The average molecular weight is 503 g/mol. The lowest BCUT2D eigenvalue weighted by molar-refractivity contribution is -0.132. The molecule has 8 heteroatoms. The number of carbonyl (C=O) groups excluding carboxylic acids is 2. The molecule has 160 valence electrons. The quantitative estimate of drug-likeness (QED) is 0.252. The summed E-state index contributed by atoms with van der Waals surface area (Å²) >= 11 is 8.61. The van der Waals surface area contributed by atoms with Gasteiger partial charge in [0.1, 0.15) is 23.7 Å². The minimum absolute atomic E-state index is 0.00933. The Morgan fingerprint density at radius 2 is 1.77 bits per heavy atom. The Hall–Kier alpha value is -2.84. The SMILES string of the molecule is C=CCc1cc(C=C2C(=O)N(C)C(=S)N(C)C2=O)cc(Br)c1OCc1ccccc1F. The fourth-order valence-electron chi connectivity index (χ4n) is 3.13. The fourth-order valence-corrected chi connectivity index (χ4v) is 3.93. The van der Waals surface area contributed by atoms with Crippen LogP contribution >= 0.6 is 28.1 Å². The van der Waals surface area contributed by atoms with Gasteiger partial charge in [0, 0.05) is 19.7 Å². The van der Waals surface area contributed by atoms with E-state index in [1.165, 1.54) is 36.0 Å².